The second kappa shape index (κ2) is 8.70. The van der Waals surface area contributed by atoms with Crippen molar-refractivity contribution >= 4 is 46.2 Å². The van der Waals surface area contributed by atoms with Gasteiger partial charge in [0.15, 0.2) is 0 Å². The van der Waals surface area contributed by atoms with Crippen LogP contribution >= 0.6 is 23.1 Å². The topological polar surface area (TPSA) is 66.5 Å². The number of hydrogen-bond donors (Lipinski definition) is 1. The van der Waals surface area contributed by atoms with Gasteiger partial charge in [-0.2, -0.15) is 0 Å². The predicted octanol–water partition coefficient (Wildman–Crippen LogP) is 4.22. The van der Waals surface area contributed by atoms with Crippen LogP contribution in [0.2, 0.25) is 0 Å². The third kappa shape index (κ3) is 4.34. The van der Waals surface area contributed by atoms with E-state index in [1.807, 2.05) is 19.9 Å². The number of thiophene rings is 1. The molecule has 0 bridgehead atoms. The van der Waals surface area contributed by atoms with Crippen molar-refractivity contribution in [2.75, 3.05) is 13.1 Å². The van der Waals surface area contributed by atoms with Gasteiger partial charge in [-0.05, 0) is 48.9 Å². The maximum absolute atomic E-state index is 13.8. The van der Waals surface area contributed by atoms with Crippen LogP contribution in [0.3, 0.4) is 0 Å². The molecule has 1 N–H and O–H groups in total. The summed E-state index contributed by atoms with van der Waals surface area (Å²) in [5.74, 6) is -1.16. The van der Waals surface area contributed by atoms with Crippen LogP contribution < -0.4 is 5.32 Å². The molecule has 3 amide bonds. The van der Waals surface area contributed by atoms with E-state index in [-0.39, 0.29) is 29.5 Å². The average molecular weight is 419 g/mol. The molecule has 1 aromatic heterocycles. The summed E-state index contributed by atoms with van der Waals surface area (Å²) in [5.41, 5.74) is 1.34. The first-order chi connectivity index (χ1) is 13.4. The minimum absolute atomic E-state index is 0.0655. The van der Waals surface area contributed by atoms with Crippen molar-refractivity contribution in [3.05, 3.63) is 61.9 Å². The summed E-state index contributed by atoms with van der Waals surface area (Å²) in [5, 5.41) is 2.31. The highest BCUT2D eigenvalue weighted by atomic mass is 32.2. The number of hydrogen-bond acceptors (Lipinski definition) is 5. The Hall–Kier alpha value is -2.45. The molecule has 1 fully saturated rings. The molecule has 0 saturated carbocycles. The Morgan fingerprint density at radius 3 is 2.71 bits per heavy atom. The number of carbonyl (C=O) groups is 3. The van der Waals surface area contributed by atoms with E-state index in [0.29, 0.717) is 4.88 Å². The van der Waals surface area contributed by atoms with E-state index in [9.17, 15) is 18.8 Å². The van der Waals surface area contributed by atoms with E-state index in [1.165, 1.54) is 29.5 Å². The van der Waals surface area contributed by atoms with E-state index in [2.05, 4.69) is 5.32 Å². The molecule has 2 heterocycles. The monoisotopic (exact) mass is 418 g/mol. The van der Waals surface area contributed by atoms with E-state index in [1.54, 1.807) is 12.1 Å². The summed E-state index contributed by atoms with van der Waals surface area (Å²) in [6, 6.07) is 7.89. The second-order valence-corrected chi connectivity index (χ2v) is 8.31. The molecule has 0 unspecified atom stereocenters. The van der Waals surface area contributed by atoms with Gasteiger partial charge in [0, 0.05) is 23.5 Å². The van der Waals surface area contributed by atoms with Gasteiger partial charge >= 0.3 is 0 Å². The molecular weight excluding hydrogens is 399 g/mol. The van der Waals surface area contributed by atoms with Crippen LogP contribution in [-0.4, -0.2) is 35.0 Å². The molecule has 1 aliphatic rings. The van der Waals surface area contributed by atoms with Gasteiger partial charge in [-0.25, -0.2) is 4.39 Å². The van der Waals surface area contributed by atoms with Crippen molar-refractivity contribution in [2.45, 2.75) is 20.3 Å². The third-order valence-electron chi connectivity index (χ3n) is 4.25. The standard InChI is InChI=1S/C20H19FN2O3S2/c1-3-15-12(2)10-16(27-15)18(24)22-8-9-23-19(25)17(28-20(23)26)11-13-6-4-5-7-14(13)21/h4-7,10-11H,3,8-9H2,1-2H3,(H,22,24)/b17-11-. The zero-order chi connectivity index (χ0) is 20.3. The van der Waals surface area contributed by atoms with Crippen LogP contribution in [0, 0.1) is 12.7 Å². The highest BCUT2D eigenvalue weighted by molar-refractivity contribution is 8.18. The predicted molar refractivity (Wildman–Crippen MR) is 110 cm³/mol. The first kappa shape index (κ1) is 20.3. The Labute approximate surface area is 170 Å². The lowest BCUT2D eigenvalue weighted by Gasteiger charge is -2.12. The molecule has 3 rings (SSSR count). The minimum atomic E-state index is -0.479. The van der Waals surface area contributed by atoms with Gasteiger partial charge < -0.3 is 5.32 Å². The van der Waals surface area contributed by atoms with Crippen molar-refractivity contribution in [2.24, 2.45) is 0 Å². The highest BCUT2D eigenvalue weighted by Crippen LogP contribution is 2.32. The Morgan fingerprint density at radius 2 is 2.04 bits per heavy atom. The van der Waals surface area contributed by atoms with Crippen LogP contribution in [0.25, 0.3) is 6.08 Å². The van der Waals surface area contributed by atoms with Crippen LogP contribution in [0.5, 0.6) is 0 Å². The molecule has 0 radical (unpaired) electrons. The summed E-state index contributed by atoms with van der Waals surface area (Å²) in [4.78, 5) is 39.8. The van der Waals surface area contributed by atoms with Gasteiger partial charge in [-0.15, -0.1) is 11.3 Å². The fourth-order valence-electron chi connectivity index (χ4n) is 2.78. The molecule has 8 heteroatoms. The lowest BCUT2D eigenvalue weighted by molar-refractivity contribution is -0.122. The molecule has 146 valence electrons. The fraction of sp³-hybridized carbons (Fsp3) is 0.250. The normalized spacial score (nSPS) is 15.5. The van der Waals surface area contributed by atoms with E-state index >= 15 is 0 Å². The Balaban J connectivity index is 1.60. The lowest BCUT2D eigenvalue weighted by Crippen LogP contribution is -2.37. The van der Waals surface area contributed by atoms with Gasteiger partial charge in [0.2, 0.25) is 0 Å². The van der Waals surface area contributed by atoms with Gasteiger partial charge in [0.05, 0.1) is 9.78 Å². The number of nitrogens with zero attached hydrogens (tertiary/aromatic N) is 1. The minimum Gasteiger partial charge on any atom is -0.350 e. The zero-order valence-electron chi connectivity index (χ0n) is 15.5. The molecule has 0 spiro atoms. The van der Waals surface area contributed by atoms with E-state index in [4.69, 9.17) is 0 Å². The largest absolute Gasteiger partial charge is 0.350 e. The molecule has 0 atom stereocenters. The summed E-state index contributed by atoms with van der Waals surface area (Å²) >= 11 is 2.22. The number of thioether (sulfide) groups is 1. The van der Waals surface area contributed by atoms with Gasteiger partial charge in [-0.1, -0.05) is 25.1 Å². The summed E-state index contributed by atoms with van der Waals surface area (Å²) in [7, 11) is 0. The number of halogens is 1. The highest BCUT2D eigenvalue weighted by Gasteiger charge is 2.34. The van der Waals surface area contributed by atoms with E-state index in [0.717, 1.165) is 33.5 Å². The molecular formula is C20H19FN2O3S2. The van der Waals surface area contributed by atoms with Crippen molar-refractivity contribution in [3.8, 4) is 0 Å². The van der Waals surface area contributed by atoms with Gasteiger partial charge in [0.25, 0.3) is 17.1 Å². The number of aryl methyl sites for hydroxylation is 2. The van der Waals surface area contributed by atoms with Crippen molar-refractivity contribution in [3.63, 3.8) is 0 Å². The molecule has 1 aromatic carbocycles. The van der Waals surface area contributed by atoms with Crippen molar-refractivity contribution < 1.29 is 18.8 Å². The third-order valence-corrected chi connectivity index (χ3v) is 6.54. The molecule has 2 aromatic rings. The number of carbonyl (C=O) groups excluding carboxylic acids is 3. The molecule has 5 nitrogen and oxygen atoms in total. The summed E-state index contributed by atoms with van der Waals surface area (Å²) in [6.07, 6.45) is 2.24. The van der Waals surface area contributed by atoms with Crippen molar-refractivity contribution in [1.29, 1.82) is 0 Å². The zero-order valence-corrected chi connectivity index (χ0v) is 17.1. The number of nitrogens with one attached hydrogen (secondary N) is 1. The molecule has 28 heavy (non-hydrogen) atoms. The smallest absolute Gasteiger partial charge is 0.293 e. The summed E-state index contributed by atoms with van der Waals surface area (Å²) < 4.78 is 13.8. The fourth-order valence-corrected chi connectivity index (χ4v) is 4.66. The quantitative estimate of drug-likeness (QED) is 0.713. The average Bonchev–Trinajstić information content (AvgIpc) is 3.17. The van der Waals surface area contributed by atoms with E-state index < -0.39 is 17.0 Å². The number of rotatable bonds is 6. The SMILES string of the molecule is CCc1sc(C(=O)NCCN2C(=O)S/C(=C\c3ccccc3F)C2=O)cc1C. The Kier molecular flexibility index (Phi) is 6.31. The Bertz CT molecular complexity index is 968. The van der Waals surface area contributed by atoms with Crippen LogP contribution in [0.4, 0.5) is 9.18 Å². The number of benzene rings is 1. The maximum Gasteiger partial charge on any atom is 0.293 e. The van der Waals surface area contributed by atoms with Gasteiger partial charge in [-0.3, -0.25) is 19.3 Å². The first-order valence-electron chi connectivity index (χ1n) is 8.78. The van der Waals surface area contributed by atoms with Crippen LogP contribution in [0.15, 0.2) is 35.2 Å². The summed E-state index contributed by atoms with van der Waals surface area (Å²) in [6.45, 7) is 4.22. The first-order valence-corrected chi connectivity index (χ1v) is 10.4. The molecule has 1 saturated heterocycles. The molecule has 0 aliphatic carbocycles. The number of amides is 3. The lowest BCUT2D eigenvalue weighted by atomic mass is 10.2. The van der Waals surface area contributed by atoms with Gasteiger partial charge in [0.1, 0.15) is 5.82 Å². The van der Waals surface area contributed by atoms with Crippen LogP contribution in [-0.2, 0) is 11.2 Å². The van der Waals surface area contributed by atoms with Crippen molar-refractivity contribution in [1.82, 2.24) is 10.2 Å². The van der Waals surface area contributed by atoms with Crippen LogP contribution in [0.1, 0.15) is 32.6 Å². The second-order valence-electron chi connectivity index (χ2n) is 6.18. The molecule has 1 aliphatic heterocycles. The number of imide groups is 1. The Morgan fingerprint density at radius 1 is 1.29 bits per heavy atom. The maximum atomic E-state index is 13.8.